The summed E-state index contributed by atoms with van der Waals surface area (Å²) in [5.41, 5.74) is -1.50. The van der Waals surface area contributed by atoms with Crippen molar-refractivity contribution < 1.29 is 19.2 Å². The lowest BCUT2D eigenvalue weighted by Crippen LogP contribution is -2.19. The molecule has 8 nitrogen and oxygen atoms in total. The lowest BCUT2D eigenvalue weighted by molar-refractivity contribution is 0.514. The lowest BCUT2D eigenvalue weighted by atomic mass is 9.84. The van der Waals surface area contributed by atoms with Gasteiger partial charge in [0.25, 0.3) is 0 Å². The summed E-state index contributed by atoms with van der Waals surface area (Å²) in [4.78, 5) is 57.6. The molecule has 0 aliphatic heterocycles. The Balaban J connectivity index is 4.07. The van der Waals surface area contributed by atoms with Crippen LogP contribution in [0.2, 0.25) is 0 Å². The van der Waals surface area contributed by atoms with E-state index in [0.29, 0.717) is 5.56 Å². The minimum Gasteiger partial charge on any atom is -0.211 e. The Bertz CT molecular complexity index is 847. The van der Waals surface area contributed by atoms with E-state index in [0.717, 1.165) is 0 Å². The van der Waals surface area contributed by atoms with E-state index in [1.54, 1.807) is 27.7 Å². The van der Waals surface area contributed by atoms with Crippen molar-refractivity contribution in [3.8, 4) is 0 Å². The van der Waals surface area contributed by atoms with Gasteiger partial charge in [0.15, 0.2) is 0 Å². The molecule has 1 aromatic carbocycles. The van der Waals surface area contributed by atoms with Gasteiger partial charge in [0.2, 0.25) is 24.3 Å². The summed E-state index contributed by atoms with van der Waals surface area (Å²) in [5.74, 6) is 0. The van der Waals surface area contributed by atoms with Crippen LogP contribution in [0.4, 0.5) is 11.4 Å². The normalized spacial score (nSPS) is 10.5. The molecule has 0 unspecified atom stereocenters. The fourth-order valence-corrected chi connectivity index (χ4v) is 2.33. The first-order valence-electron chi connectivity index (χ1n) is 6.77. The molecule has 0 radical (unpaired) electrons. The third-order valence-electron chi connectivity index (χ3n) is 3.40. The van der Waals surface area contributed by atoms with E-state index in [1.165, 1.54) is 36.5 Å². The Morgan fingerprint density at radius 1 is 0.750 bits per heavy atom. The van der Waals surface area contributed by atoms with Gasteiger partial charge in [-0.3, -0.25) is 0 Å². The molecule has 1 rings (SSSR count). The first-order valence-corrected chi connectivity index (χ1v) is 6.77. The van der Waals surface area contributed by atoms with Gasteiger partial charge in [-0.25, -0.2) is 19.2 Å². The van der Waals surface area contributed by atoms with Crippen molar-refractivity contribution in [1.82, 2.24) is 0 Å². The Kier molecular flexibility index (Phi) is 5.74. The van der Waals surface area contributed by atoms with Crippen LogP contribution in [0.1, 0.15) is 38.8 Å². The van der Waals surface area contributed by atoms with Gasteiger partial charge in [-0.05, 0) is 33.8 Å². The third kappa shape index (κ3) is 3.73. The molecule has 0 fully saturated rings. The zero-order valence-electron chi connectivity index (χ0n) is 13.6. The van der Waals surface area contributed by atoms with Crippen molar-refractivity contribution in [2.24, 2.45) is 20.0 Å². The second-order valence-corrected chi connectivity index (χ2v) is 5.79. The minimum absolute atomic E-state index is 0.0644. The molecule has 0 saturated heterocycles. The van der Waals surface area contributed by atoms with Gasteiger partial charge in [0, 0.05) is 11.1 Å². The van der Waals surface area contributed by atoms with Gasteiger partial charge in [-0.2, -0.15) is 20.0 Å². The van der Waals surface area contributed by atoms with Gasteiger partial charge in [-0.1, -0.05) is 6.07 Å². The Morgan fingerprint density at radius 2 is 1.29 bits per heavy atom. The molecule has 0 heterocycles. The molecule has 0 aliphatic rings. The molecule has 0 N–H and O–H groups in total. The molecule has 0 bridgehead atoms. The first-order chi connectivity index (χ1) is 11.2. The highest BCUT2D eigenvalue weighted by molar-refractivity contribution is 5.72. The molecule has 0 aliphatic carbocycles. The van der Waals surface area contributed by atoms with Crippen molar-refractivity contribution in [3.63, 3.8) is 0 Å². The molecule has 0 amide bonds. The largest absolute Gasteiger partial charge is 0.240 e. The minimum atomic E-state index is -1.20. The number of hydrogen-bond acceptors (Lipinski definition) is 8. The lowest BCUT2D eigenvalue weighted by Gasteiger charge is -2.27. The molecule has 1 aromatic rings. The molecule has 0 saturated carbocycles. The van der Waals surface area contributed by atoms with Crippen LogP contribution in [0.5, 0.6) is 0 Å². The van der Waals surface area contributed by atoms with Crippen molar-refractivity contribution in [2.75, 3.05) is 0 Å². The summed E-state index contributed by atoms with van der Waals surface area (Å²) in [6.07, 6.45) is 5.72. The van der Waals surface area contributed by atoms with E-state index in [1.807, 2.05) is 0 Å². The van der Waals surface area contributed by atoms with Crippen molar-refractivity contribution >= 4 is 35.7 Å². The van der Waals surface area contributed by atoms with Gasteiger partial charge in [0.05, 0.1) is 22.5 Å². The van der Waals surface area contributed by atoms with E-state index in [4.69, 9.17) is 0 Å². The van der Waals surface area contributed by atoms with Crippen LogP contribution in [0.25, 0.3) is 0 Å². The van der Waals surface area contributed by atoms with E-state index >= 15 is 0 Å². The van der Waals surface area contributed by atoms with Crippen LogP contribution in [-0.4, -0.2) is 24.3 Å². The fraction of sp³-hybridized carbons (Fsp3) is 0.375. The van der Waals surface area contributed by atoms with Crippen LogP contribution in [0, 0.1) is 0 Å². The van der Waals surface area contributed by atoms with Crippen LogP contribution >= 0.6 is 0 Å². The molecule has 0 aromatic heterocycles. The summed E-state index contributed by atoms with van der Waals surface area (Å²) >= 11 is 0. The number of hydrogen-bond donors (Lipinski definition) is 0. The number of carbonyl (C=O) groups excluding carboxylic acids is 4. The number of isocyanates is 4. The van der Waals surface area contributed by atoms with E-state index in [9.17, 15) is 19.2 Å². The number of aliphatic imine (C=N–C) groups is 4. The zero-order chi connectivity index (χ0) is 18.4. The highest BCUT2D eigenvalue weighted by Gasteiger charge is 2.33. The fourth-order valence-electron chi connectivity index (χ4n) is 2.33. The number of nitrogens with zero attached hydrogens (tertiary/aromatic N) is 4. The smallest absolute Gasteiger partial charge is 0.211 e. The predicted octanol–water partition coefficient (Wildman–Crippen LogP) is 2.76. The standard InChI is InChI=1S/C16H14N4O4/c1-15(2,19-9-23)11-5-6-12(17-7-21)13(14(11)18-8-22)16(3,4)20-10-24/h5-6H,1-4H3. The first kappa shape index (κ1) is 18.8. The summed E-state index contributed by atoms with van der Waals surface area (Å²) in [6.45, 7) is 6.33. The topological polar surface area (TPSA) is 118 Å². The molecular weight excluding hydrogens is 312 g/mol. The molecule has 8 heteroatoms. The molecule has 24 heavy (non-hydrogen) atoms. The van der Waals surface area contributed by atoms with Gasteiger partial charge < -0.3 is 0 Å². The Hall–Kier alpha value is -3.26. The Morgan fingerprint density at radius 3 is 1.79 bits per heavy atom. The van der Waals surface area contributed by atoms with Crippen LogP contribution in [-0.2, 0) is 30.3 Å². The third-order valence-corrected chi connectivity index (χ3v) is 3.40. The van der Waals surface area contributed by atoms with E-state index < -0.39 is 11.1 Å². The summed E-state index contributed by atoms with van der Waals surface area (Å²) in [5, 5.41) is 0. The monoisotopic (exact) mass is 326 g/mol. The SMILES string of the molecule is CC(C)(N=C=O)c1ccc(N=C=O)c(C(C)(C)N=C=O)c1N=C=O. The quantitative estimate of drug-likeness (QED) is 0.590. The highest BCUT2D eigenvalue weighted by Crippen LogP contribution is 2.45. The maximum Gasteiger partial charge on any atom is 0.240 e. The second kappa shape index (κ2) is 7.34. The molecule has 122 valence electrons. The van der Waals surface area contributed by atoms with Crippen molar-refractivity contribution in [2.45, 2.75) is 38.8 Å². The molecule has 0 atom stereocenters. The van der Waals surface area contributed by atoms with E-state index in [-0.39, 0.29) is 16.9 Å². The van der Waals surface area contributed by atoms with Crippen molar-refractivity contribution in [1.29, 1.82) is 0 Å². The maximum atomic E-state index is 10.9. The van der Waals surface area contributed by atoms with Crippen LogP contribution in [0.3, 0.4) is 0 Å². The average Bonchev–Trinajstić information content (AvgIpc) is 2.47. The van der Waals surface area contributed by atoms with Gasteiger partial charge >= 0.3 is 0 Å². The van der Waals surface area contributed by atoms with Crippen LogP contribution < -0.4 is 0 Å². The summed E-state index contributed by atoms with van der Waals surface area (Å²) in [7, 11) is 0. The highest BCUT2D eigenvalue weighted by atomic mass is 16.1. The number of rotatable bonds is 6. The maximum absolute atomic E-state index is 10.9. The Labute approximate surface area is 137 Å². The van der Waals surface area contributed by atoms with E-state index in [2.05, 4.69) is 20.0 Å². The molecule has 0 spiro atoms. The zero-order valence-corrected chi connectivity index (χ0v) is 13.6. The molecular formula is C16H14N4O4. The summed E-state index contributed by atoms with van der Waals surface area (Å²) < 4.78 is 0. The number of benzene rings is 1. The van der Waals surface area contributed by atoms with Gasteiger partial charge in [-0.15, -0.1) is 0 Å². The van der Waals surface area contributed by atoms with Gasteiger partial charge in [0.1, 0.15) is 0 Å². The predicted molar refractivity (Wildman–Crippen MR) is 84.3 cm³/mol. The second-order valence-electron chi connectivity index (χ2n) is 5.79. The average molecular weight is 326 g/mol. The summed E-state index contributed by atoms with van der Waals surface area (Å²) in [6, 6.07) is 2.97. The van der Waals surface area contributed by atoms with Crippen LogP contribution in [0.15, 0.2) is 32.1 Å². The van der Waals surface area contributed by atoms with Crippen molar-refractivity contribution in [3.05, 3.63) is 23.3 Å².